The van der Waals surface area contributed by atoms with Crippen LogP contribution in [0, 0.1) is 0 Å². The molecule has 0 bridgehead atoms. The lowest BCUT2D eigenvalue weighted by Crippen LogP contribution is -2.48. The van der Waals surface area contributed by atoms with Crippen molar-refractivity contribution in [2.75, 3.05) is 26.2 Å². The maximum Gasteiger partial charge on any atom is 0.108 e. The van der Waals surface area contributed by atoms with Crippen LogP contribution in [0.15, 0.2) is 60.7 Å². The van der Waals surface area contributed by atoms with Gasteiger partial charge in [-0.15, -0.1) is 0 Å². The third-order valence-electron chi connectivity index (χ3n) is 4.62. The van der Waals surface area contributed by atoms with Gasteiger partial charge in [0, 0.05) is 19.6 Å². The number of morpholine rings is 1. The molecular weight excluding hydrogens is 326 g/mol. The van der Waals surface area contributed by atoms with Crippen LogP contribution in [0.3, 0.4) is 0 Å². The van der Waals surface area contributed by atoms with E-state index < -0.39 is 6.10 Å². The van der Waals surface area contributed by atoms with E-state index in [1.54, 1.807) is 0 Å². The molecule has 0 aliphatic carbocycles. The van der Waals surface area contributed by atoms with Gasteiger partial charge in [-0.05, 0) is 25.0 Å². The van der Waals surface area contributed by atoms with Crippen molar-refractivity contribution in [1.29, 1.82) is 0 Å². The molecule has 4 nitrogen and oxygen atoms in total. The highest BCUT2D eigenvalue weighted by Gasteiger charge is 2.24. The second-order valence-electron chi connectivity index (χ2n) is 7.16. The second kappa shape index (κ2) is 9.28. The molecule has 1 fully saturated rings. The Morgan fingerprint density at radius 2 is 1.46 bits per heavy atom. The fourth-order valence-corrected chi connectivity index (χ4v) is 3.63. The lowest BCUT2D eigenvalue weighted by molar-refractivity contribution is -0.0843. The first-order chi connectivity index (χ1) is 12.6. The Labute approximate surface area is 156 Å². The number of hydrogen-bond acceptors (Lipinski definition) is 4. The van der Waals surface area contributed by atoms with Crippen molar-refractivity contribution in [2.45, 2.75) is 38.3 Å². The van der Waals surface area contributed by atoms with E-state index in [9.17, 15) is 5.11 Å². The van der Waals surface area contributed by atoms with E-state index >= 15 is 0 Å². The number of rotatable bonds is 7. The molecule has 1 heterocycles. The summed E-state index contributed by atoms with van der Waals surface area (Å²) < 4.78 is 11.9. The summed E-state index contributed by atoms with van der Waals surface area (Å²) in [5.74, 6) is 0. The first kappa shape index (κ1) is 19.1. The molecule has 3 rings (SSSR count). The Hall–Kier alpha value is -1.72. The van der Waals surface area contributed by atoms with Gasteiger partial charge in [0.05, 0.1) is 24.9 Å². The van der Waals surface area contributed by atoms with Crippen molar-refractivity contribution in [3.8, 4) is 0 Å². The van der Waals surface area contributed by atoms with Gasteiger partial charge in [0.2, 0.25) is 0 Å². The number of hydrogen-bond donors (Lipinski definition) is 1. The lowest BCUT2D eigenvalue weighted by Gasteiger charge is -2.36. The molecule has 0 saturated carbocycles. The first-order valence-electron chi connectivity index (χ1n) is 9.39. The number of benzene rings is 2. The summed E-state index contributed by atoms with van der Waals surface area (Å²) in [5, 5.41) is 10.5. The molecule has 0 aromatic heterocycles. The topological polar surface area (TPSA) is 41.9 Å². The molecule has 2 aromatic carbocycles. The zero-order valence-electron chi connectivity index (χ0n) is 15.6. The smallest absolute Gasteiger partial charge is 0.108 e. The van der Waals surface area contributed by atoms with E-state index in [1.165, 1.54) is 0 Å². The van der Waals surface area contributed by atoms with Crippen LogP contribution in [0.1, 0.15) is 31.1 Å². The van der Waals surface area contributed by atoms with Crippen LogP contribution in [0.25, 0.3) is 0 Å². The number of nitrogens with zero attached hydrogens (tertiary/aromatic N) is 1. The minimum absolute atomic E-state index is 0.172. The Kier molecular flexibility index (Phi) is 6.80. The Bertz CT molecular complexity index is 599. The Morgan fingerprint density at radius 3 is 1.96 bits per heavy atom. The summed E-state index contributed by atoms with van der Waals surface area (Å²) in [7, 11) is 0. The predicted octanol–water partition coefficient (Wildman–Crippen LogP) is 3.26. The van der Waals surface area contributed by atoms with E-state index in [0.717, 1.165) is 24.2 Å². The van der Waals surface area contributed by atoms with Gasteiger partial charge in [0.1, 0.15) is 6.10 Å². The molecule has 0 amide bonds. The van der Waals surface area contributed by atoms with Gasteiger partial charge in [-0.2, -0.15) is 0 Å². The first-order valence-corrected chi connectivity index (χ1v) is 9.39. The highest BCUT2D eigenvalue weighted by molar-refractivity contribution is 5.29. The Morgan fingerprint density at radius 1 is 0.962 bits per heavy atom. The molecule has 1 aliphatic heterocycles. The van der Waals surface area contributed by atoms with Crippen molar-refractivity contribution in [3.63, 3.8) is 0 Å². The van der Waals surface area contributed by atoms with Crippen LogP contribution in [0.2, 0.25) is 0 Å². The maximum atomic E-state index is 10.5. The average molecular weight is 355 g/mol. The van der Waals surface area contributed by atoms with Crippen LogP contribution < -0.4 is 0 Å². The van der Waals surface area contributed by atoms with Crippen molar-refractivity contribution >= 4 is 0 Å². The SMILES string of the molecule is C[C@@H]1CN(C[C@H](O)COC(c2ccccc2)c2ccccc2)C[C@@H](C)O1. The quantitative estimate of drug-likeness (QED) is 0.828. The zero-order chi connectivity index (χ0) is 18.4. The molecule has 1 N–H and O–H groups in total. The summed E-state index contributed by atoms with van der Waals surface area (Å²) >= 11 is 0. The lowest BCUT2D eigenvalue weighted by atomic mass is 10.0. The molecule has 0 spiro atoms. The number of aliphatic hydroxyl groups excluding tert-OH is 1. The van der Waals surface area contributed by atoms with Crippen LogP contribution in [0.5, 0.6) is 0 Å². The zero-order valence-corrected chi connectivity index (χ0v) is 15.6. The summed E-state index contributed by atoms with van der Waals surface area (Å²) in [4.78, 5) is 2.26. The third kappa shape index (κ3) is 5.39. The van der Waals surface area contributed by atoms with Crippen molar-refractivity contribution in [3.05, 3.63) is 71.8 Å². The van der Waals surface area contributed by atoms with Gasteiger partial charge < -0.3 is 14.6 Å². The minimum atomic E-state index is -0.526. The van der Waals surface area contributed by atoms with E-state index in [0.29, 0.717) is 13.2 Å². The highest BCUT2D eigenvalue weighted by atomic mass is 16.5. The van der Waals surface area contributed by atoms with Gasteiger partial charge >= 0.3 is 0 Å². The summed E-state index contributed by atoms with van der Waals surface area (Å²) in [5.41, 5.74) is 2.19. The number of aliphatic hydroxyl groups is 1. The van der Waals surface area contributed by atoms with Crippen molar-refractivity contribution < 1.29 is 14.6 Å². The minimum Gasteiger partial charge on any atom is -0.389 e. The maximum absolute atomic E-state index is 10.5. The Balaban J connectivity index is 1.61. The molecule has 4 heteroatoms. The summed E-state index contributed by atoms with van der Waals surface area (Å²) in [6.07, 6.45) is -0.293. The van der Waals surface area contributed by atoms with E-state index in [4.69, 9.17) is 9.47 Å². The average Bonchev–Trinajstić information content (AvgIpc) is 2.63. The predicted molar refractivity (Wildman–Crippen MR) is 103 cm³/mol. The number of β-amino-alcohol motifs (C(OH)–C–C–N with tert-alkyl or cyclic N) is 1. The van der Waals surface area contributed by atoms with Gasteiger partial charge in [-0.1, -0.05) is 60.7 Å². The highest BCUT2D eigenvalue weighted by Crippen LogP contribution is 2.26. The van der Waals surface area contributed by atoms with Crippen LogP contribution >= 0.6 is 0 Å². The fraction of sp³-hybridized carbons (Fsp3) is 0.455. The van der Waals surface area contributed by atoms with E-state index in [2.05, 4.69) is 43.0 Å². The van der Waals surface area contributed by atoms with Crippen LogP contribution in [-0.2, 0) is 9.47 Å². The monoisotopic (exact) mass is 355 g/mol. The standard InChI is InChI=1S/C22H29NO3/c1-17-13-23(14-18(2)26-17)15-21(24)16-25-22(19-9-5-3-6-10-19)20-11-7-4-8-12-20/h3-12,17-18,21-22,24H,13-16H2,1-2H3/t17-,18-,21+/m1/s1. The molecule has 1 aliphatic rings. The number of ether oxygens (including phenoxy) is 2. The van der Waals surface area contributed by atoms with E-state index in [1.807, 2.05) is 36.4 Å². The third-order valence-corrected chi connectivity index (χ3v) is 4.62. The normalized spacial score (nSPS) is 22.5. The van der Waals surface area contributed by atoms with Gasteiger partial charge in [-0.3, -0.25) is 4.90 Å². The second-order valence-corrected chi connectivity index (χ2v) is 7.16. The van der Waals surface area contributed by atoms with E-state index in [-0.39, 0.29) is 18.3 Å². The molecule has 26 heavy (non-hydrogen) atoms. The molecule has 3 atom stereocenters. The van der Waals surface area contributed by atoms with Gasteiger partial charge in [-0.25, -0.2) is 0 Å². The molecule has 140 valence electrons. The van der Waals surface area contributed by atoms with Crippen molar-refractivity contribution in [2.24, 2.45) is 0 Å². The summed E-state index contributed by atoms with van der Waals surface area (Å²) in [6.45, 7) is 6.76. The molecule has 0 radical (unpaired) electrons. The van der Waals surface area contributed by atoms with Crippen molar-refractivity contribution in [1.82, 2.24) is 4.90 Å². The molecule has 2 aromatic rings. The fourth-order valence-electron chi connectivity index (χ4n) is 3.63. The molecule has 0 unspecified atom stereocenters. The van der Waals surface area contributed by atoms with Crippen LogP contribution in [-0.4, -0.2) is 54.6 Å². The van der Waals surface area contributed by atoms with Gasteiger partial charge in [0.25, 0.3) is 0 Å². The van der Waals surface area contributed by atoms with Crippen LogP contribution in [0.4, 0.5) is 0 Å². The molecular formula is C22H29NO3. The summed E-state index contributed by atoms with van der Waals surface area (Å²) in [6, 6.07) is 20.3. The molecule has 1 saturated heterocycles. The van der Waals surface area contributed by atoms with Gasteiger partial charge in [0.15, 0.2) is 0 Å². The largest absolute Gasteiger partial charge is 0.389 e.